The summed E-state index contributed by atoms with van der Waals surface area (Å²) < 4.78 is 10.8. The van der Waals surface area contributed by atoms with E-state index in [9.17, 15) is 9.59 Å². The number of carbonyl (C=O) groups excluding carboxylic acids is 2. The highest BCUT2D eigenvalue weighted by Crippen LogP contribution is 2.21. The average Bonchev–Trinajstić information content (AvgIpc) is 2.86. The van der Waals surface area contributed by atoms with Gasteiger partial charge in [-0.05, 0) is 72.6 Å². The molecule has 1 N–H and O–H groups in total. The van der Waals surface area contributed by atoms with E-state index in [2.05, 4.69) is 11.1 Å². The Labute approximate surface area is 160 Å². The Morgan fingerprint density at radius 3 is 2.07 bits per heavy atom. The van der Waals surface area contributed by atoms with Crippen LogP contribution in [0.1, 0.15) is 52.7 Å². The highest BCUT2D eigenvalue weighted by molar-refractivity contribution is 5.88. The number of nitrogens with one attached hydrogen (secondary N) is 1. The quantitative estimate of drug-likeness (QED) is 0.802. The normalized spacial score (nSPS) is 12.1. The maximum atomic E-state index is 12.6. The van der Waals surface area contributed by atoms with E-state index in [0.717, 1.165) is 26.9 Å². The third-order valence-corrected chi connectivity index (χ3v) is 3.76. The van der Waals surface area contributed by atoms with Crippen LogP contribution in [0, 0.1) is 6.92 Å². The van der Waals surface area contributed by atoms with Crippen LogP contribution in [0.5, 0.6) is 0 Å². The third kappa shape index (κ3) is 6.01. The number of ether oxygens (including phenoxy) is 2. The fraction of sp³-hybridized carbons (Fsp3) is 0.524. The number of nitrogens with zero attached hydrogens (tertiary/aromatic N) is 1. The summed E-state index contributed by atoms with van der Waals surface area (Å²) in [5, 5.41) is 1.09. The van der Waals surface area contributed by atoms with E-state index < -0.39 is 23.4 Å². The lowest BCUT2D eigenvalue weighted by Gasteiger charge is -2.28. The first-order chi connectivity index (χ1) is 12.4. The number of aryl methyl sites for hydroxylation is 1. The van der Waals surface area contributed by atoms with Gasteiger partial charge in [0.25, 0.3) is 0 Å². The van der Waals surface area contributed by atoms with Crippen molar-refractivity contribution in [3.63, 3.8) is 0 Å². The molecule has 1 aromatic heterocycles. The SMILES string of the molecule is Cc1ccc2[nH]cc(CCN(C(=O)OC(C)(C)C)C(=O)OC(C)(C)C)c2c1. The lowest BCUT2D eigenvalue weighted by atomic mass is 10.1. The largest absolute Gasteiger partial charge is 0.443 e. The van der Waals surface area contributed by atoms with E-state index in [4.69, 9.17) is 9.47 Å². The number of fused-ring (bicyclic) bond motifs is 1. The standard InChI is InChI=1S/C21H30N2O4/c1-14-8-9-17-16(12-14)15(13-22-17)10-11-23(18(24)26-20(2,3)4)19(25)27-21(5,6)7/h8-9,12-13,22H,10-11H2,1-7H3. The highest BCUT2D eigenvalue weighted by Gasteiger charge is 2.31. The predicted molar refractivity (Wildman–Crippen MR) is 106 cm³/mol. The number of hydrogen-bond donors (Lipinski definition) is 1. The van der Waals surface area contributed by atoms with Gasteiger partial charge in [0.1, 0.15) is 11.2 Å². The third-order valence-electron chi connectivity index (χ3n) is 3.76. The van der Waals surface area contributed by atoms with Gasteiger partial charge < -0.3 is 14.5 Å². The van der Waals surface area contributed by atoms with Crippen LogP contribution >= 0.6 is 0 Å². The van der Waals surface area contributed by atoms with Gasteiger partial charge >= 0.3 is 12.2 Å². The van der Waals surface area contributed by atoms with Gasteiger partial charge in [-0.25, -0.2) is 14.5 Å². The molecule has 148 valence electrons. The molecule has 0 unspecified atom stereocenters. The van der Waals surface area contributed by atoms with Crippen molar-refractivity contribution in [1.82, 2.24) is 9.88 Å². The Bertz CT molecular complexity index is 797. The van der Waals surface area contributed by atoms with Gasteiger partial charge in [-0.3, -0.25) is 0 Å². The van der Waals surface area contributed by atoms with E-state index in [1.807, 2.05) is 25.3 Å². The van der Waals surface area contributed by atoms with Gasteiger partial charge in [-0.1, -0.05) is 11.6 Å². The molecule has 0 radical (unpaired) electrons. The molecule has 2 aromatic rings. The van der Waals surface area contributed by atoms with Crippen molar-refractivity contribution in [3.8, 4) is 0 Å². The first-order valence-corrected chi connectivity index (χ1v) is 9.16. The number of benzene rings is 1. The van der Waals surface area contributed by atoms with Crippen LogP contribution in [0.25, 0.3) is 10.9 Å². The molecule has 0 spiro atoms. The topological polar surface area (TPSA) is 71.6 Å². The monoisotopic (exact) mass is 374 g/mol. The Morgan fingerprint density at radius 1 is 1.00 bits per heavy atom. The molecule has 6 nitrogen and oxygen atoms in total. The molecule has 0 aliphatic heterocycles. The molecule has 0 atom stereocenters. The summed E-state index contributed by atoms with van der Waals surface area (Å²) in [5.41, 5.74) is 1.81. The van der Waals surface area contributed by atoms with Gasteiger partial charge in [0.2, 0.25) is 0 Å². The summed E-state index contributed by atoms with van der Waals surface area (Å²) in [7, 11) is 0. The van der Waals surface area contributed by atoms with Gasteiger partial charge in [0.05, 0.1) is 0 Å². The molecule has 27 heavy (non-hydrogen) atoms. The lowest BCUT2D eigenvalue weighted by Crippen LogP contribution is -2.44. The first-order valence-electron chi connectivity index (χ1n) is 9.16. The van der Waals surface area contributed by atoms with Crippen LogP contribution in [-0.2, 0) is 15.9 Å². The van der Waals surface area contributed by atoms with Crippen LogP contribution in [0.4, 0.5) is 9.59 Å². The van der Waals surface area contributed by atoms with Crippen LogP contribution in [0.3, 0.4) is 0 Å². The van der Waals surface area contributed by atoms with Crippen molar-refractivity contribution in [2.24, 2.45) is 0 Å². The number of carbonyl (C=O) groups is 2. The zero-order valence-electron chi connectivity index (χ0n) is 17.3. The van der Waals surface area contributed by atoms with Gasteiger partial charge in [-0.2, -0.15) is 0 Å². The smallest absolute Gasteiger partial charge is 0.419 e. The number of hydrogen-bond acceptors (Lipinski definition) is 4. The Hall–Kier alpha value is -2.50. The zero-order valence-corrected chi connectivity index (χ0v) is 17.3. The molecule has 0 aliphatic rings. The minimum Gasteiger partial charge on any atom is -0.443 e. The molecule has 6 heteroatoms. The van der Waals surface area contributed by atoms with Crippen LogP contribution in [-0.4, -0.2) is 39.8 Å². The number of imide groups is 1. The van der Waals surface area contributed by atoms with Crippen LogP contribution in [0.2, 0.25) is 0 Å². The van der Waals surface area contributed by atoms with Crippen molar-refractivity contribution in [2.45, 2.75) is 66.1 Å². The number of amides is 2. The summed E-state index contributed by atoms with van der Waals surface area (Å²) >= 11 is 0. The van der Waals surface area contributed by atoms with E-state index in [0.29, 0.717) is 6.42 Å². The average molecular weight is 374 g/mol. The molecule has 1 heterocycles. The Morgan fingerprint density at radius 2 is 1.56 bits per heavy atom. The highest BCUT2D eigenvalue weighted by atomic mass is 16.6. The molecular formula is C21H30N2O4. The molecule has 0 saturated heterocycles. The summed E-state index contributed by atoms with van der Waals surface area (Å²) in [4.78, 5) is 29.4. The van der Waals surface area contributed by atoms with E-state index >= 15 is 0 Å². The summed E-state index contributed by atoms with van der Waals surface area (Å²) in [6, 6.07) is 6.15. The summed E-state index contributed by atoms with van der Waals surface area (Å²) in [6.07, 6.45) is 1.01. The molecule has 0 aliphatic carbocycles. The molecule has 0 bridgehead atoms. The van der Waals surface area contributed by atoms with Crippen LogP contribution < -0.4 is 0 Å². The zero-order chi connectivity index (χ0) is 20.4. The second-order valence-corrected chi connectivity index (χ2v) is 8.73. The van der Waals surface area contributed by atoms with Crippen molar-refractivity contribution >= 4 is 23.1 Å². The minimum atomic E-state index is -0.701. The van der Waals surface area contributed by atoms with E-state index in [1.54, 1.807) is 41.5 Å². The Kier molecular flexibility index (Phi) is 5.88. The van der Waals surface area contributed by atoms with Crippen molar-refractivity contribution < 1.29 is 19.1 Å². The number of H-pyrrole nitrogens is 1. The number of aromatic nitrogens is 1. The van der Waals surface area contributed by atoms with Crippen molar-refractivity contribution in [2.75, 3.05) is 6.54 Å². The lowest BCUT2D eigenvalue weighted by molar-refractivity contribution is 0.00172. The predicted octanol–water partition coefficient (Wildman–Crippen LogP) is 5.19. The van der Waals surface area contributed by atoms with Gasteiger partial charge in [-0.15, -0.1) is 0 Å². The minimum absolute atomic E-state index is 0.171. The molecule has 0 fully saturated rings. The van der Waals surface area contributed by atoms with E-state index in [-0.39, 0.29) is 6.54 Å². The molecular weight excluding hydrogens is 344 g/mol. The summed E-state index contributed by atoms with van der Waals surface area (Å²) in [5.74, 6) is 0. The fourth-order valence-electron chi connectivity index (χ4n) is 2.62. The second-order valence-electron chi connectivity index (χ2n) is 8.73. The molecule has 0 saturated carbocycles. The van der Waals surface area contributed by atoms with Gasteiger partial charge in [0.15, 0.2) is 0 Å². The van der Waals surface area contributed by atoms with Crippen molar-refractivity contribution in [1.29, 1.82) is 0 Å². The molecule has 2 amide bonds. The van der Waals surface area contributed by atoms with Gasteiger partial charge in [0, 0.05) is 23.6 Å². The molecule has 1 aromatic carbocycles. The van der Waals surface area contributed by atoms with Crippen LogP contribution in [0.15, 0.2) is 24.4 Å². The van der Waals surface area contributed by atoms with Crippen molar-refractivity contribution in [3.05, 3.63) is 35.5 Å². The number of aromatic amines is 1. The molecule has 2 rings (SSSR count). The number of rotatable bonds is 3. The fourth-order valence-corrected chi connectivity index (χ4v) is 2.62. The maximum absolute atomic E-state index is 12.6. The Balaban J connectivity index is 2.21. The second kappa shape index (κ2) is 7.62. The summed E-state index contributed by atoms with van der Waals surface area (Å²) in [6.45, 7) is 12.8. The first kappa shape index (κ1) is 20.8. The maximum Gasteiger partial charge on any atom is 0.419 e. The van der Waals surface area contributed by atoms with E-state index in [1.165, 1.54) is 0 Å².